The summed E-state index contributed by atoms with van der Waals surface area (Å²) < 4.78 is 0. The predicted molar refractivity (Wildman–Crippen MR) is 65.5 cm³/mol. The molecule has 1 aromatic rings. The highest BCUT2D eigenvalue weighted by molar-refractivity contribution is 6.33. The third-order valence-electron chi connectivity index (χ3n) is 3.13. The van der Waals surface area contributed by atoms with E-state index in [2.05, 4.69) is 10.3 Å². The van der Waals surface area contributed by atoms with Gasteiger partial charge in [-0.3, -0.25) is 14.6 Å². The van der Waals surface area contributed by atoms with E-state index in [9.17, 15) is 9.59 Å². The van der Waals surface area contributed by atoms with Crippen molar-refractivity contribution in [2.45, 2.75) is 25.3 Å². The average molecular weight is 269 g/mol. The van der Waals surface area contributed by atoms with Gasteiger partial charge in [0.2, 0.25) is 0 Å². The second kappa shape index (κ2) is 5.35. The van der Waals surface area contributed by atoms with Crippen LogP contribution in [-0.4, -0.2) is 28.0 Å². The average Bonchev–Trinajstić information content (AvgIpc) is 2.78. The minimum atomic E-state index is -0.798. The Bertz CT molecular complexity index is 478. The van der Waals surface area contributed by atoms with Gasteiger partial charge in [-0.15, -0.1) is 0 Å². The molecule has 96 valence electrons. The zero-order valence-electron chi connectivity index (χ0n) is 9.60. The fraction of sp³-hybridized carbons (Fsp3) is 0.417. The lowest BCUT2D eigenvalue weighted by molar-refractivity contribution is -0.141. The van der Waals surface area contributed by atoms with Gasteiger partial charge < -0.3 is 10.4 Å². The highest BCUT2D eigenvalue weighted by Crippen LogP contribution is 2.26. The monoisotopic (exact) mass is 268 g/mol. The number of rotatable bonds is 3. The van der Waals surface area contributed by atoms with Crippen molar-refractivity contribution in [2.24, 2.45) is 5.92 Å². The van der Waals surface area contributed by atoms with Crippen molar-refractivity contribution in [2.75, 3.05) is 0 Å². The van der Waals surface area contributed by atoms with E-state index in [0.29, 0.717) is 29.8 Å². The Morgan fingerprint density at radius 2 is 2.22 bits per heavy atom. The molecular weight excluding hydrogens is 256 g/mol. The molecule has 0 saturated heterocycles. The van der Waals surface area contributed by atoms with E-state index in [1.165, 1.54) is 12.4 Å². The normalized spacial score (nSPS) is 22.7. The molecule has 1 aliphatic carbocycles. The maximum atomic E-state index is 11.9. The summed E-state index contributed by atoms with van der Waals surface area (Å²) in [6.45, 7) is 0. The van der Waals surface area contributed by atoms with Crippen LogP contribution in [0.25, 0.3) is 0 Å². The van der Waals surface area contributed by atoms with Gasteiger partial charge in [0.1, 0.15) is 0 Å². The molecule has 0 aliphatic heterocycles. The number of halogens is 1. The molecule has 0 aromatic carbocycles. The number of nitrogens with one attached hydrogen (secondary N) is 1. The van der Waals surface area contributed by atoms with Crippen LogP contribution in [-0.2, 0) is 4.79 Å². The quantitative estimate of drug-likeness (QED) is 0.875. The third-order valence-corrected chi connectivity index (χ3v) is 3.44. The van der Waals surface area contributed by atoms with Gasteiger partial charge in [-0.05, 0) is 25.3 Å². The number of carbonyl (C=O) groups is 2. The van der Waals surface area contributed by atoms with Crippen LogP contribution in [0.3, 0.4) is 0 Å². The number of carboxylic acids is 1. The number of aromatic nitrogens is 1. The standard InChI is InChI=1S/C12H13ClN2O3/c13-10-6-14-4-3-9(10)11(16)15-8-2-1-7(5-8)12(17)18/h3-4,6-8H,1-2,5H2,(H,15,16)(H,17,18)/t7-,8+/m0/s1. The van der Waals surface area contributed by atoms with Crippen LogP contribution in [0.4, 0.5) is 0 Å². The third kappa shape index (κ3) is 2.79. The van der Waals surface area contributed by atoms with E-state index in [-0.39, 0.29) is 17.9 Å². The smallest absolute Gasteiger partial charge is 0.306 e. The fourth-order valence-electron chi connectivity index (χ4n) is 2.16. The molecule has 0 bridgehead atoms. The van der Waals surface area contributed by atoms with E-state index in [1.54, 1.807) is 6.07 Å². The van der Waals surface area contributed by atoms with Crippen molar-refractivity contribution in [3.05, 3.63) is 29.0 Å². The molecule has 2 rings (SSSR count). The Labute approximate surface area is 109 Å². The molecule has 2 N–H and O–H groups in total. The van der Waals surface area contributed by atoms with E-state index in [0.717, 1.165) is 0 Å². The van der Waals surface area contributed by atoms with Gasteiger partial charge in [0.25, 0.3) is 5.91 Å². The zero-order valence-corrected chi connectivity index (χ0v) is 10.4. The van der Waals surface area contributed by atoms with Gasteiger partial charge in [-0.1, -0.05) is 11.6 Å². The van der Waals surface area contributed by atoms with Crippen LogP contribution in [0.5, 0.6) is 0 Å². The maximum absolute atomic E-state index is 11.9. The van der Waals surface area contributed by atoms with Crippen LogP contribution in [0.15, 0.2) is 18.5 Å². The van der Waals surface area contributed by atoms with Crippen molar-refractivity contribution < 1.29 is 14.7 Å². The Kier molecular flexibility index (Phi) is 3.81. The lowest BCUT2D eigenvalue weighted by Gasteiger charge is -2.12. The van der Waals surface area contributed by atoms with E-state index >= 15 is 0 Å². The molecule has 0 unspecified atom stereocenters. The van der Waals surface area contributed by atoms with Gasteiger partial charge in [0, 0.05) is 18.4 Å². The number of carbonyl (C=O) groups excluding carboxylic acids is 1. The second-order valence-corrected chi connectivity index (χ2v) is 4.78. The summed E-state index contributed by atoms with van der Waals surface area (Å²) in [5.74, 6) is -1.43. The molecule has 1 saturated carbocycles. The molecule has 5 nitrogen and oxygen atoms in total. The van der Waals surface area contributed by atoms with Crippen LogP contribution < -0.4 is 5.32 Å². The molecule has 1 fully saturated rings. The minimum Gasteiger partial charge on any atom is -0.481 e. The Hall–Kier alpha value is -1.62. The first-order valence-corrected chi connectivity index (χ1v) is 6.09. The first-order chi connectivity index (χ1) is 8.58. The number of pyridine rings is 1. The van der Waals surface area contributed by atoms with Crippen molar-refractivity contribution in [1.82, 2.24) is 10.3 Å². The lowest BCUT2D eigenvalue weighted by Crippen LogP contribution is -2.33. The summed E-state index contributed by atoms with van der Waals surface area (Å²) in [5, 5.41) is 12.0. The van der Waals surface area contributed by atoms with Crippen molar-refractivity contribution in [3.8, 4) is 0 Å². The molecule has 6 heteroatoms. The van der Waals surface area contributed by atoms with Gasteiger partial charge in [0.15, 0.2) is 0 Å². The largest absolute Gasteiger partial charge is 0.481 e. The SMILES string of the molecule is O=C(N[C@@H]1CC[C@H](C(=O)O)C1)c1ccncc1Cl. The summed E-state index contributed by atoms with van der Waals surface area (Å²) in [6.07, 6.45) is 4.67. The molecule has 1 aliphatic rings. The molecule has 0 radical (unpaired) electrons. The van der Waals surface area contributed by atoms with Crippen LogP contribution in [0.2, 0.25) is 5.02 Å². The lowest BCUT2D eigenvalue weighted by atomic mass is 10.1. The Morgan fingerprint density at radius 1 is 1.44 bits per heavy atom. The molecule has 18 heavy (non-hydrogen) atoms. The summed E-state index contributed by atoms with van der Waals surface area (Å²) in [7, 11) is 0. The molecular formula is C12H13ClN2O3. The minimum absolute atomic E-state index is 0.0946. The fourth-order valence-corrected chi connectivity index (χ4v) is 2.36. The highest BCUT2D eigenvalue weighted by Gasteiger charge is 2.30. The zero-order chi connectivity index (χ0) is 13.1. The van der Waals surface area contributed by atoms with Crippen LogP contribution in [0.1, 0.15) is 29.6 Å². The topological polar surface area (TPSA) is 79.3 Å². The molecule has 1 amide bonds. The van der Waals surface area contributed by atoms with Gasteiger partial charge in [-0.25, -0.2) is 0 Å². The van der Waals surface area contributed by atoms with Crippen LogP contribution >= 0.6 is 11.6 Å². The first-order valence-electron chi connectivity index (χ1n) is 5.71. The van der Waals surface area contributed by atoms with Crippen LogP contribution in [0, 0.1) is 5.92 Å². The number of amides is 1. The number of hydrogen-bond acceptors (Lipinski definition) is 3. The predicted octanol–water partition coefficient (Wildman–Crippen LogP) is 1.72. The van der Waals surface area contributed by atoms with E-state index < -0.39 is 5.97 Å². The second-order valence-electron chi connectivity index (χ2n) is 4.37. The highest BCUT2D eigenvalue weighted by atomic mass is 35.5. The van der Waals surface area contributed by atoms with E-state index in [1.807, 2.05) is 0 Å². The number of hydrogen-bond donors (Lipinski definition) is 2. The van der Waals surface area contributed by atoms with Crippen molar-refractivity contribution >= 4 is 23.5 Å². The maximum Gasteiger partial charge on any atom is 0.306 e. The summed E-state index contributed by atoms with van der Waals surface area (Å²) >= 11 is 5.87. The molecule has 1 heterocycles. The molecule has 2 atom stereocenters. The van der Waals surface area contributed by atoms with E-state index in [4.69, 9.17) is 16.7 Å². The van der Waals surface area contributed by atoms with Crippen molar-refractivity contribution in [1.29, 1.82) is 0 Å². The Balaban J connectivity index is 1.97. The van der Waals surface area contributed by atoms with Gasteiger partial charge in [-0.2, -0.15) is 0 Å². The Morgan fingerprint density at radius 3 is 2.83 bits per heavy atom. The molecule has 0 spiro atoms. The first kappa shape index (κ1) is 12.8. The molecule has 1 aromatic heterocycles. The number of nitrogens with zero attached hydrogens (tertiary/aromatic N) is 1. The summed E-state index contributed by atoms with van der Waals surface area (Å²) in [6, 6.07) is 1.45. The number of aliphatic carboxylic acids is 1. The van der Waals surface area contributed by atoms with Crippen molar-refractivity contribution in [3.63, 3.8) is 0 Å². The summed E-state index contributed by atoms with van der Waals surface area (Å²) in [4.78, 5) is 26.5. The summed E-state index contributed by atoms with van der Waals surface area (Å²) in [5.41, 5.74) is 0.366. The van der Waals surface area contributed by atoms with Gasteiger partial charge >= 0.3 is 5.97 Å². The van der Waals surface area contributed by atoms with Gasteiger partial charge in [0.05, 0.1) is 16.5 Å². The number of carboxylic acid groups (broad SMARTS) is 1.